The average molecular weight is 627 g/mol. The lowest BCUT2D eigenvalue weighted by molar-refractivity contribution is -0.141. The molecule has 0 aromatic rings. The van der Waals surface area contributed by atoms with E-state index < -0.39 is 78.7 Å². The second kappa shape index (κ2) is 29.2. The van der Waals surface area contributed by atoms with Gasteiger partial charge in [-0.2, -0.15) is 24.4 Å². The van der Waals surface area contributed by atoms with Crippen molar-refractivity contribution in [1.82, 2.24) is 0 Å². The van der Waals surface area contributed by atoms with Crippen molar-refractivity contribution in [2.24, 2.45) is 34.4 Å². The fourth-order valence-electron chi connectivity index (χ4n) is 1.03. The maximum absolute atomic E-state index is 10.1. The topological polar surface area (TPSA) is 400 Å². The van der Waals surface area contributed by atoms with Crippen LogP contribution in [-0.2, 0) is 28.8 Å². The Bertz CT molecular complexity index is 729. The molecule has 21 heteroatoms. The van der Waals surface area contributed by atoms with Gasteiger partial charge >= 0.3 is 29.8 Å². The van der Waals surface area contributed by atoms with Crippen molar-refractivity contribution in [1.29, 1.82) is 0 Å². The quantitative estimate of drug-likeness (QED) is 0.0849. The number of carboxylic acids is 5. The van der Waals surface area contributed by atoms with Crippen LogP contribution in [0.2, 0.25) is 0 Å². The molecule has 6 atom stereocenters. The molecule has 0 bridgehead atoms. The van der Waals surface area contributed by atoms with Gasteiger partial charge in [-0.3, -0.25) is 28.8 Å². The number of carboxylic acid groups (broad SMARTS) is 5. The molecule has 0 aliphatic rings. The predicted octanol–water partition coefficient (Wildman–Crippen LogP) is -5.08. The third-order valence-electron chi connectivity index (χ3n) is 3.52. The normalized spacial score (nSPS) is 13.9. The number of hydrogen-bond acceptors (Lipinski definition) is 15. The number of carbonyl (C=O) groups is 6. The van der Waals surface area contributed by atoms with Crippen molar-refractivity contribution >= 4 is 60.1 Å². The minimum Gasteiger partial charge on any atom is -0.480 e. The maximum atomic E-state index is 10.1. The summed E-state index contributed by atoms with van der Waals surface area (Å²) < 4.78 is 0. The van der Waals surface area contributed by atoms with Gasteiger partial charge in [0.05, 0.1) is 19.1 Å². The number of carbonyl (C=O) groups excluding carboxylic acids is 1. The van der Waals surface area contributed by atoms with Gasteiger partial charge in [0.1, 0.15) is 30.2 Å². The molecular formula is C19H42N6O13S2. The molecule has 0 aliphatic heterocycles. The van der Waals surface area contributed by atoms with Crippen molar-refractivity contribution in [2.75, 3.05) is 24.4 Å². The van der Waals surface area contributed by atoms with Gasteiger partial charge in [-0.15, -0.1) is 0 Å². The molecule has 0 saturated heterocycles. The van der Waals surface area contributed by atoms with E-state index in [1.807, 2.05) is 6.26 Å². The molecule has 0 rings (SSSR count). The van der Waals surface area contributed by atoms with E-state index in [2.05, 4.69) is 18.4 Å². The van der Waals surface area contributed by atoms with Gasteiger partial charge < -0.3 is 70.1 Å². The first-order valence-corrected chi connectivity index (χ1v) is 12.8. The number of amides is 1. The Morgan fingerprint density at radius 2 is 1.10 bits per heavy atom. The van der Waals surface area contributed by atoms with Crippen molar-refractivity contribution < 1.29 is 64.5 Å². The van der Waals surface area contributed by atoms with Crippen LogP contribution in [0.15, 0.2) is 0 Å². The Balaban J connectivity index is -0.000000128. The van der Waals surface area contributed by atoms with Crippen LogP contribution in [0.5, 0.6) is 0 Å². The number of aliphatic hydroxyl groups excluding tert-OH is 2. The molecule has 0 fully saturated rings. The van der Waals surface area contributed by atoms with E-state index in [0.717, 1.165) is 5.75 Å². The molecule has 0 aliphatic carbocycles. The summed E-state index contributed by atoms with van der Waals surface area (Å²) in [7, 11) is 0. The SMILES string of the molecule is CC(O)C(N)C(=O)O.CSCCC(N)C(=O)O.NC(=O)CC(N)C(=O)O.NC(CO)C(=O)O.NC(CS)C(=O)O. The lowest BCUT2D eigenvalue weighted by Crippen LogP contribution is -2.39. The van der Waals surface area contributed by atoms with E-state index in [0.29, 0.717) is 6.42 Å². The number of primary amides is 1. The molecule has 0 spiro atoms. The second-order valence-electron chi connectivity index (χ2n) is 7.20. The molecule has 0 heterocycles. The monoisotopic (exact) mass is 626 g/mol. The summed E-state index contributed by atoms with van der Waals surface area (Å²) in [5, 5.41) is 56.8. The lowest BCUT2D eigenvalue weighted by atomic mass is 10.2. The maximum Gasteiger partial charge on any atom is 0.323 e. The number of rotatable bonds is 13. The number of aliphatic carboxylic acids is 5. The molecule has 1 amide bonds. The number of hydrogen-bond donors (Lipinski definition) is 14. The minimum absolute atomic E-state index is 0.190. The molecular weight excluding hydrogens is 584 g/mol. The highest BCUT2D eigenvalue weighted by molar-refractivity contribution is 7.98. The number of thiol groups is 1. The largest absolute Gasteiger partial charge is 0.480 e. The van der Waals surface area contributed by atoms with E-state index in [1.54, 1.807) is 11.8 Å². The van der Waals surface area contributed by atoms with Gasteiger partial charge in [0.2, 0.25) is 5.91 Å². The summed E-state index contributed by atoms with van der Waals surface area (Å²) in [5.41, 5.74) is 29.4. The summed E-state index contributed by atoms with van der Waals surface area (Å²) in [6, 6.07) is -4.95. The summed E-state index contributed by atoms with van der Waals surface area (Å²) in [4.78, 5) is 59.2. The van der Waals surface area contributed by atoms with E-state index >= 15 is 0 Å². The Morgan fingerprint density at radius 3 is 1.20 bits per heavy atom. The highest BCUT2D eigenvalue weighted by atomic mass is 32.2. The summed E-state index contributed by atoms with van der Waals surface area (Å²) in [6.07, 6.45) is 1.19. The zero-order chi connectivity index (χ0) is 33.2. The molecule has 0 saturated carbocycles. The first kappa shape index (κ1) is 47.1. The molecule has 19 N–H and O–H groups in total. The van der Waals surface area contributed by atoms with Gasteiger partial charge in [0, 0.05) is 5.75 Å². The highest BCUT2D eigenvalue weighted by Crippen LogP contribution is 1.97. The van der Waals surface area contributed by atoms with Crippen molar-refractivity contribution in [3.8, 4) is 0 Å². The molecule has 0 aromatic carbocycles. The average Bonchev–Trinajstić information content (AvgIpc) is 2.86. The summed E-state index contributed by atoms with van der Waals surface area (Å²) in [6.45, 7) is 0.827. The van der Waals surface area contributed by atoms with Crippen LogP contribution in [0.25, 0.3) is 0 Å². The van der Waals surface area contributed by atoms with E-state index in [1.165, 1.54) is 6.92 Å². The predicted molar refractivity (Wildman–Crippen MR) is 147 cm³/mol. The highest BCUT2D eigenvalue weighted by Gasteiger charge is 2.16. The van der Waals surface area contributed by atoms with Crippen molar-refractivity contribution in [2.45, 2.75) is 56.1 Å². The molecule has 40 heavy (non-hydrogen) atoms. The zero-order valence-corrected chi connectivity index (χ0v) is 23.6. The lowest BCUT2D eigenvalue weighted by Gasteiger charge is -2.06. The van der Waals surface area contributed by atoms with Gasteiger partial charge in [-0.1, -0.05) is 0 Å². The molecule has 0 aromatic heterocycles. The van der Waals surface area contributed by atoms with Crippen LogP contribution in [-0.4, -0.2) is 132 Å². The van der Waals surface area contributed by atoms with Crippen LogP contribution < -0.4 is 34.4 Å². The van der Waals surface area contributed by atoms with Crippen LogP contribution in [0.4, 0.5) is 0 Å². The van der Waals surface area contributed by atoms with Crippen LogP contribution in [0, 0.1) is 0 Å². The molecule has 19 nitrogen and oxygen atoms in total. The van der Waals surface area contributed by atoms with Gasteiger partial charge in [-0.25, -0.2) is 0 Å². The first-order valence-electron chi connectivity index (χ1n) is 10.7. The summed E-state index contributed by atoms with van der Waals surface area (Å²) in [5.74, 6) is -5.19. The van der Waals surface area contributed by atoms with Crippen LogP contribution >= 0.6 is 24.4 Å². The standard InChI is InChI=1S/C5H11NO2S.C4H8N2O3.C4H9NO3.C3H7NO3.C3H7NO2S/c1-9-3-2-4(6)5(7)8;5-2(4(8)9)1-3(6)7;1-2(6)3(5)4(7)8;4-2(1-5)3(6)7;4-2(1-7)3(5)6/h4H,2-3,6H2,1H3,(H,7,8);2H,1,5H2,(H2,6,7)(H,8,9);2-3,6H,5H2,1H3,(H,7,8);2,5H,1,4H2,(H,6,7);2,7H,1,4H2,(H,5,6). The Hall–Kier alpha value is -2.76. The van der Waals surface area contributed by atoms with Gasteiger partial charge in [0.15, 0.2) is 0 Å². The number of thioether (sulfide) groups is 1. The van der Waals surface area contributed by atoms with E-state index in [4.69, 9.17) is 64.4 Å². The third kappa shape index (κ3) is 37.4. The van der Waals surface area contributed by atoms with Gasteiger partial charge in [-0.05, 0) is 25.4 Å². The van der Waals surface area contributed by atoms with E-state index in [9.17, 15) is 28.8 Å². The Kier molecular flexibility index (Phi) is 34.4. The molecule has 6 unspecified atom stereocenters. The van der Waals surface area contributed by atoms with Gasteiger partial charge in [0.25, 0.3) is 0 Å². The first-order chi connectivity index (χ1) is 18.1. The smallest absolute Gasteiger partial charge is 0.323 e. The fraction of sp³-hybridized carbons (Fsp3) is 0.684. The minimum atomic E-state index is -1.21. The van der Waals surface area contributed by atoms with E-state index in [-0.39, 0.29) is 12.2 Å². The number of nitrogens with two attached hydrogens (primary N) is 6. The third-order valence-corrected chi connectivity index (χ3v) is 4.56. The summed E-state index contributed by atoms with van der Waals surface area (Å²) >= 11 is 5.25. The van der Waals surface area contributed by atoms with Crippen molar-refractivity contribution in [3.05, 3.63) is 0 Å². The molecule has 238 valence electrons. The number of aliphatic hydroxyl groups is 2. The van der Waals surface area contributed by atoms with Crippen LogP contribution in [0.3, 0.4) is 0 Å². The van der Waals surface area contributed by atoms with Crippen LogP contribution in [0.1, 0.15) is 19.8 Å². The molecule has 0 radical (unpaired) electrons. The fourth-order valence-corrected chi connectivity index (χ4v) is 1.68. The van der Waals surface area contributed by atoms with Crippen molar-refractivity contribution in [3.63, 3.8) is 0 Å². The Labute approximate surface area is 239 Å². The second-order valence-corrected chi connectivity index (χ2v) is 8.55. The zero-order valence-electron chi connectivity index (χ0n) is 21.9. The Morgan fingerprint density at radius 1 is 0.725 bits per heavy atom.